The molecule has 6 aromatic rings. The summed E-state index contributed by atoms with van der Waals surface area (Å²) in [6.07, 6.45) is 1.83. The summed E-state index contributed by atoms with van der Waals surface area (Å²) in [5, 5.41) is 10.9. The highest BCUT2D eigenvalue weighted by Gasteiger charge is 2.10. The second kappa shape index (κ2) is 16.4. The molecule has 0 saturated carbocycles. The zero-order valence-electron chi connectivity index (χ0n) is 27.3. The second-order valence-electron chi connectivity index (χ2n) is 11.9. The van der Waals surface area contributed by atoms with Crippen molar-refractivity contribution in [2.24, 2.45) is 7.05 Å². The molecule has 5 nitrogen and oxygen atoms in total. The highest BCUT2D eigenvalue weighted by atomic mass is 16.5. The molecule has 6 rings (SSSR count). The highest BCUT2D eigenvalue weighted by molar-refractivity contribution is 5.82. The molecule has 0 amide bonds. The SMILES string of the molecule is CC(C)c1ccccc1.CC(C)c1ccccn1.CC(C)c1nn(C)c2ccccc12.CC(C)c1noc2ccccc12. The molecule has 0 N–H and O–H groups in total. The Morgan fingerprint density at radius 2 is 1.14 bits per heavy atom. The molecule has 0 bridgehead atoms. The first-order chi connectivity index (χ1) is 20.6. The third-order valence-corrected chi connectivity index (χ3v) is 7.03. The maximum absolute atomic E-state index is 5.16. The van der Waals surface area contributed by atoms with Gasteiger partial charge in [0, 0.05) is 29.7 Å². The smallest absolute Gasteiger partial charge is 0.167 e. The van der Waals surface area contributed by atoms with E-state index in [2.05, 4.69) is 113 Å². The Hall–Kier alpha value is -4.25. The molecule has 5 heteroatoms. The van der Waals surface area contributed by atoms with Crippen LogP contribution in [0.25, 0.3) is 21.9 Å². The Morgan fingerprint density at radius 1 is 0.558 bits per heavy atom. The van der Waals surface area contributed by atoms with E-state index < -0.39 is 0 Å². The maximum Gasteiger partial charge on any atom is 0.167 e. The van der Waals surface area contributed by atoms with Gasteiger partial charge in [-0.05, 0) is 59.6 Å². The number of fused-ring (bicyclic) bond motifs is 2. The fourth-order valence-corrected chi connectivity index (χ4v) is 4.55. The number of benzene rings is 3. The molecule has 0 radical (unpaired) electrons. The fourth-order valence-electron chi connectivity index (χ4n) is 4.55. The van der Waals surface area contributed by atoms with Crippen LogP contribution in [0, 0.1) is 0 Å². The van der Waals surface area contributed by atoms with E-state index in [-0.39, 0.29) is 0 Å². The van der Waals surface area contributed by atoms with Gasteiger partial charge in [0.25, 0.3) is 0 Å². The van der Waals surface area contributed by atoms with E-state index in [9.17, 15) is 0 Å². The van der Waals surface area contributed by atoms with Crippen LogP contribution in [0.3, 0.4) is 0 Å². The van der Waals surface area contributed by atoms with Gasteiger partial charge in [-0.3, -0.25) is 9.67 Å². The van der Waals surface area contributed by atoms with Gasteiger partial charge in [-0.1, -0.05) is 127 Å². The summed E-state index contributed by atoms with van der Waals surface area (Å²) < 4.78 is 7.11. The lowest BCUT2D eigenvalue weighted by Gasteiger charge is -2.01. The van der Waals surface area contributed by atoms with Gasteiger partial charge in [0.05, 0.1) is 16.9 Å². The number of aryl methyl sites for hydroxylation is 1. The van der Waals surface area contributed by atoms with Crippen LogP contribution in [-0.2, 0) is 7.05 Å². The van der Waals surface area contributed by atoms with Crippen molar-refractivity contribution in [3.63, 3.8) is 0 Å². The quantitative estimate of drug-likeness (QED) is 0.209. The first kappa shape index (κ1) is 33.3. The van der Waals surface area contributed by atoms with E-state index in [0.717, 1.165) is 22.4 Å². The van der Waals surface area contributed by atoms with Crippen LogP contribution in [0.2, 0.25) is 0 Å². The summed E-state index contributed by atoms with van der Waals surface area (Å²) in [7, 11) is 1.99. The third-order valence-electron chi connectivity index (χ3n) is 7.03. The van der Waals surface area contributed by atoms with Crippen molar-refractivity contribution in [2.45, 2.75) is 79.1 Å². The number of pyridine rings is 1. The molecule has 0 aliphatic heterocycles. The predicted octanol–water partition coefficient (Wildman–Crippen LogP) is 10.7. The van der Waals surface area contributed by atoms with Crippen LogP contribution in [0.15, 0.2) is 108 Å². The normalized spacial score (nSPS) is 10.8. The zero-order chi connectivity index (χ0) is 31.4. The summed E-state index contributed by atoms with van der Waals surface area (Å²) in [6.45, 7) is 17.3. The van der Waals surface area contributed by atoms with E-state index in [1.807, 2.05) is 72.5 Å². The first-order valence-corrected chi connectivity index (χ1v) is 15.3. The summed E-state index contributed by atoms with van der Waals surface area (Å²) in [6, 6.07) is 32.8. The lowest BCUT2D eigenvalue weighted by Crippen LogP contribution is -1.92. The van der Waals surface area contributed by atoms with Crippen LogP contribution < -0.4 is 0 Å². The predicted molar refractivity (Wildman–Crippen MR) is 182 cm³/mol. The van der Waals surface area contributed by atoms with Gasteiger partial charge < -0.3 is 4.52 Å². The monoisotopic (exact) mass is 576 g/mol. The third kappa shape index (κ3) is 9.64. The van der Waals surface area contributed by atoms with Crippen molar-refractivity contribution >= 4 is 21.9 Å². The molecule has 3 aromatic carbocycles. The molecule has 0 aliphatic rings. The first-order valence-electron chi connectivity index (χ1n) is 15.3. The number of para-hydroxylation sites is 2. The zero-order valence-corrected chi connectivity index (χ0v) is 27.3. The minimum absolute atomic E-state index is 0.425. The molecule has 0 spiro atoms. The van der Waals surface area contributed by atoms with E-state index >= 15 is 0 Å². The van der Waals surface area contributed by atoms with Crippen molar-refractivity contribution in [1.82, 2.24) is 19.9 Å². The number of hydrogen-bond acceptors (Lipinski definition) is 4. The molecule has 0 unspecified atom stereocenters. The number of nitrogens with zero attached hydrogens (tertiary/aromatic N) is 4. The summed E-state index contributed by atoms with van der Waals surface area (Å²) in [5.74, 6) is 2.12. The average Bonchev–Trinajstić information content (AvgIpc) is 3.61. The molecular formula is C38H48N4O. The Labute approximate surface area is 258 Å². The topological polar surface area (TPSA) is 56.7 Å². The second-order valence-corrected chi connectivity index (χ2v) is 11.9. The number of rotatable bonds is 4. The van der Waals surface area contributed by atoms with Crippen LogP contribution in [0.5, 0.6) is 0 Å². The van der Waals surface area contributed by atoms with Crippen molar-refractivity contribution in [1.29, 1.82) is 0 Å². The molecule has 0 saturated heterocycles. The van der Waals surface area contributed by atoms with Crippen LogP contribution in [0.1, 0.15) is 102 Å². The standard InChI is InChI=1S/C11H14N2.C10H11NO.C9H12.C8H11N/c1-8(2)11-9-6-4-5-7-10(9)13(3)12-11;1-7(2)10-8-5-3-4-6-9(8)12-11-10;1-8(2)9-6-4-3-5-7-9;1-7(2)8-5-3-4-6-9-8/h4-8H,1-3H3;3-7H,1-2H3;3-8H,1-2H3;3-7H,1-2H3. The minimum Gasteiger partial charge on any atom is -0.356 e. The van der Waals surface area contributed by atoms with E-state index in [1.54, 1.807) is 0 Å². The van der Waals surface area contributed by atoms with Crippen molar-refractivity contribution in [3.05, 3.63) is 126 Å². The van der Waals surface area contributed by atoms with E-state index in [1.165, 1.54) is 22.2 Å². The van der Waals surface area contributed by atoms with Gasteiger partial charge in [-0.25, -0.2) is 0 Å². The van der Waals surface area contributed by atoms with E-state index in [4.69, 9.17) is 4.52 Å². The lowest BCUT2D eigenvalue weighted by atomic mass is 10.0. The van der Waals surface area contributed by atoms with Crippen molar-refractivity contribution < 1.29 is 4.52 Å². The average molecular weight is 577 g/mol. The minimum atomic E-state index is 0.425. The van der Waals surface area contributed by atoms with E-state index in [0.29, 0.717) is 23.7 Å². The molecular weight excluding hydrogens is 528 g/mol. The van der Waals surface area contributed by atoms with Gasteiger partial charge in [0.15, 0.2) is 5.58 Å². The molecule has 3 heterocycles. The molecule has 43 heavy (non-hydrogen) atoms. The summed E-state index contributed by atoms with van der Waals surface area (Å²) in [5.41, 5.74) is 6.91. The maximum atomic E-state index is 5.16. The number of hydrogen-bond donors (Lipinski definition) is 0. The number of aromatic nitrogens is 4. The Balaban J connectivity index is 0.000000159. The van der Waals surface area contributed by atoms with Gasteiger partial charge in [0.2, 0.25) is 0 Å². The van der Waals surface area contributed by atoms with Crippen molar-refractivity contribution in [3.8, 4) is 0 Å². The van der Waals surface area contributed by atoms with Gasteiger partial charge in [-0.15, -0.1) is 0 Å². The fraction of sp³-hybridized carbons (Fsp3) is 0.342. The largest absolute Gasteiger partial charge is 0.356 e. The lowest BCUT2D eigenvalue weighted by molar-refractivity contribution is 0.441. The Bertz CT molecular complexity index is 1590. The van der Waals surface area contributed by atoms with Gasteiger partial charge in [0.1, 0.15) is 0 Å². The Kier molecular flexibility index (Phi) is 12.7. The van der Waals surface area contributed by atoms with Crippen LogP contribution >= 0.6 is 0 Å². The van der Waals surface area contributed by atoms with Gasteiger partial charge >= 0.3 is 0 Å². The molecule has 3 aromatic heterocycles. The molecule has 0 fully saturated rings. The summed E-state index contributed by atoms with van der Waals surface area (Å²) >= 11 is 0. The molecule has 0 atom stereocenters. The van der Waals surface area contributed by atoms with Crippen molar-refractivity contribution in [2.75, 3.05) is 0 Å². The van der Waals surface area contributed by atoms with Gasteiger partial charge in [-0.2, -0.15) is 5.10 Å². The summed E-state index contributed by atoms with van der Waals surface area (Å²) in [4.78, 5) is 4.18. The molecule has 226 valence electrons. The highest BCUT2D eigenvalue weighted by Crippen LogP contribution is 2.24. The van der Waals surface area contributed by atoms with Crippen LogP contribution in [-0.4, -0.2) is 19.9 Å². The Morgan fingerprint density at radius 3 is 1.67 bits per heavy atom. The molecule has 0 aliphatic carbocycles. The van der Waals surface area contributed by atoms with Crippen LogP contribution in [0.4, 0.5) is 0 Å².